The van der Waals surface area contributed by atoms with E-state index in [4.69, 9.17) is 0 Å². The molecule has 0 radical (unpaired) electrons. The van der Waals surface area contributed by atoms with Crippen molar-refractivity contribution in [3.05, 3.63) is 55.9 Å². The number of halogens is 2. The van der Waals surface area contributed by atoms with E-state index in [0.29, 0.717) is 5.56 Å². The Labute approximate surface area is 105 Å². The molecular formula is C12H8BrFOS. The molecule has 1 aromatic carbocycles. The largest absolute Gasteiger partial charge is 0.288 e. The molecule has 0 spiro atoms. The van der Waals surface area contributed by atoms with E-state index in [1.165, 1.54) is 23.5 Å². The Bertz CT molecular complexity index is 548. The van der Waals surface area contributed by atoms with Crippen molar-refractivity contribution in [1.82, 2.24) is 0 Å². The first-order valence-corrected chi connectivity index (χ1v) is 6.25. The summed E-state index contributed by atoms with van der Waals surface area (Å²) in [4.78, 5) is 12.9. The quantitative estimate of drug-likeness (QED) is 0.760. The van der Waals surface area contributed by atoms with Gasteiger partial charge >= 0.3 is 0 Å². The van der Waals surface area contributed by atoms with Crippen LogP contribution in [0, 0.1) is 12.7 Å². The molecular weight excluding hydrogens is 291 g/mol. The number of carbonyl (C=O) groups is 1. The summed E-state index contributed by atoms with van der Waals surface area (Å²) in [5.41, 5.74) is 0.679. The summed E-state index contributed by atoms with van der Waals surface area (Å²) in [6.45, 7) is 1.85. The van der Waals surface area contributed by atoms with Crippen molar-refractivity contribution in [3.8, 4) is 0 Å². The molecule has 82 valence electrons. The Hall–Kier alpha value is -1.00. The first-order valence-electron chi connectivity index (χ1n) is 4.65. The number of hydrogen-bond donors (Lipinski definition) is 0. The van der Waals surface area contributed by atoms with Crippen molar-refractivity contribution in [2.45, 2.75) is 6.92 Å². The van der Waals surface area contributed by atoms with Gasteiger partial charge in [-0.3, -0.25) is 4.79 Å². The number of ketones is 1. The summed E-state index contributed by atoms with van der Waals surface area (Å²) in [7, 11) is 0. The maximum Gasteiger partial charge on any atom is 0.197 e. The predicted octanol–water partition coefficient (Wildman–Crippen LogP) is 4.19. The number of thiophene rings is 1. The lowest BCUT2D eigenvalue weighted by atomic mass is 10.0. The molecule has 1 heterocycles. The van der Waals surface area contributed by atoms with E-state index >= 15 is 0 Å². The van der Waals surface area contributed by atoms with E-state index in [9.17, 15) is 9.18 Å². The fraction of sp³-hybridized carbons (Fsp3) is 0.0833. The Morgan fingerprint density at radius 1 is 1.31 bits per heavy atom. The summed E-state index contributed by atoms with van der Waals surface area (Å²) in [6.07, 6.45) is 0. The van der Waals surface area contributed by atoms with Crippen molar-refractivity contribution in [2.24, 2.45) is 0 Å². The summed E-state index contributed by atoms with van der Waals surface area (Å²) in [5.74, 6) is -0.744. The van der Waals surface area contributed by atoms with Crippen LogP contribution in [0.15, 0.2) is 34.1 Å². The van der Waals surface area contributed by atoms with E-state index < -0.39 is 5.82 Å². The Balaban J connectivity index is 2.47. The molecule has 0 saturated heterocycles. The number of benzene rings is 1. The van der Waals surface area contributed by atoms with Gasteiger partial charge in [-0.05, 0) is 41.1 Å². The highest BCUT2D eigenvalue weighted by molar-refractivity contribution is 9.11. The van der Waals surface area contributed by atoms with Crippen molar-refractivity contribution in [3.63, 3.8) is 0 Å². The monoisotopic (exact) mass is 298 g/mol. The van der Waals surface area contributed by atoms with Crippen LogP contribution >= 0.6 is 27.3 Å². The molecule has 0 amide bonds. The van der Waals surface area contributed by atoms with Crippen molar-refractivity contribution in [2.75, 3.05) is 0 Å². The third-order valence-corrected chi connectivity index (χ3v) is 3.80. The number of rotatable bonds is 2. The lowest BCUT2D eigenvalue weighted by Crippen LogP contribution is -2.03. The molecule has 4 heteroatoms. The van der Waals surface area contributed by atoms with Crippen LogP contribution in [0.4, 0.5) is 4.39 Å². The molecule has 0 aliphatic heterocycles. The second-order valence-electron chi connectivity index (χ2n) is 3.33. The minimum atomic E-state index is -0.478. The van der Waals surface area contributed by atoms with Crippen LogP contribution in [-0.2, 0) is 0 Å². The molecule has 1 aromatic heterocycles. The zero-order valence-corrected chi connectivity index (χ0v) is 10.9. The van der Waals surface area contributed by atoms with Crippen LogP contribution in [0.3, 0.4) is 0 Å². The zero-order chi connectivity index (χ0) is 11.7. The van der Waals surface area contributed by atoms with Crippen LogP contribution in [-0.4, -0.2) is 5.78 Å². The zero-order valence-electron chi connectivity index (χ0n) is 8.46. The molecule has 0 saturated carbocycles. The first kappa shape index (κ1) is 11.5. The average Bonchev–Trinajstić information content (AvgIpc) is 2.58. The minimum absolute atomic E-state index is 0.121. The van der Waals surface area contributed by atoms with Crippen LogP contribution in [0.5, 0.6) is 0 Å². The highest BCUT2D eigenvalue weighted by atomic mass is 79.9. The summed E-state index contributed by atoms with van der Waals surface area (Å²) in [6, 6.07) is 7.76. The van der Waals surface area contributed by atoms with Gasteiger partial charge in [0, 0.05) is 10.4 Å². The molecule has 0 aliphatic rings. The molecule has 16 heavy (non-hydrogen) atoms. The van der Waals surface area contributed by atoms with Gasteiger partial charge in [0.15, 0.2) is 5.78 Å². The van der Waals surface area contributed by atoms with E-state index in [-0.39, 0.29) is 11.3 Å². The van der Waals surface area contributed by atoms with Gasteiger partial charge in [0.25, 0.3) is 0 Å². The third kappa shape index (κ3) is 2.08. The van der Waals surface area contributed by atoms with Crippen LogP contribution in [0.2, 0.25) is 0 Å². The van der Waals surface area contributed by atoms with E-state index in [2.05, 4.69) is 15.9 Å². The highest BCUT2D eigenvalue weighted by Crippen LogP contribution is 2.28. The molecule has 0 atom stereocenters. The van der Waals surface area contributed by atoms with Crippen molar-refractivity contribution < 1.29 is 9.18 Å². The highest BCUT2D eigenvalue weighted by Gasteiger charge is 2.17. The number of aryl methyl sites for hydroxylation is 1. The van der Waals surface area contributed by atoms with E-state index in [0.717, 1.165) is 8.66 Å². The number of carbonyl (C=O) groups excluding carboxylic acids is 1. The Morgan fingerprint density at radius 2 is 2.00 bits per heavy atom. The summed E-state index contributed by atoms with van der Waals surface area (Å²) in [5, 5.41) is 0. The maximum atomic E-state index is 13.4. The van der Waals surface area contributed by atoms with Gasteiger partial charge in [0.1, 0.15) is 5.82 Å². The van der Waals surface area contributed by atoms with Gasteiger partial charge in [-0.2, -0.15) is 0 Å². The smallest absolute Gasteiger partial charge is 0.197 e. The van der Waals surface area contributed by atoms with E-state index in [1.807, 2.05) is 6.92 Å². The van der Waals surface area contributed by atoms with Crippen molar-refractivity contribution >= 4 is 33.0 Å². The standard InChI is InChI=1S/C12H8BrFOS/c1-7-9(6-11(13)16-7)12(15)8-4-2-3-5-10(8)14/h2-6H,1H3. The second kappa shape index (κ2) is 4.47. The van der Waals surface area contributed by atoms with Gasteiger partial charge < -0.3 is 0 Å². The van der Waals surface area contributed by atoms with Crippen LogP contribution in [0.1, 0.15) is 20.8 Å². The van der Waals surface area contributed by atoms with Gasteiger partial charge in [0.05, 0.1) is 9.35 Å². The van der Waals surface area contributed by atoms with Crippen LogP contribution in [0.25, 0.3) is 0 Å². The molecule has 0 fully saturated rings. The van der Waals surface area contributed by atoms with Gasteiger partial charge in [-0.15, -0.1) is 11.3 Å². The molecule has 0 aliphatic carbocycles. The molecule has 0 N–H and O–H groups in total. The molecule has 0 bridgehead atoms. The van der Waals surface area contributed by atoms with Crippen molar-refractivity contribution in [1.29, 1.82) is 0 Å². The fourth-order valence-corrected chi connectivity index (χ4v) is 3.15. The average molecular weight is 299 g/mol. The molecule has 2 rings (SSSR count). The molecule has 2 aromatic rings. The van der Waals surface area contributed by atoms with Gasteiger partial charge in [-0.25, -0.2) is 4.39 Å². The van der Waals surface area contributed by atoms with Gasteiger partial charge in [0.2, 0.25) is 0 Å². The van der Waals surface area contributed by atoms with Gasteiger partial charge in [-0.1, -0.05) is 12.1 Å². The molecule has 0 unspecified atom stereocenters. The minimum Gasteiger partial charge on any atom is -0.288 e. The topological polar surface area (TPSA) is 17.1 Å². The first-order chi connectivity index (χ1) is 7.59. The normalized spacial score (nSPS) is 10.4. The Morgan fingerprint density at radius 3 is 2.56 bits per heavy atom. The van der Waals surface area contributed by atoms with Crippen LogP contribution < -0.4 is 0 Å². The lowest BCUT2D eigenvalue weighted by Gasteiger charge is -2.01. The predicted molar refractivity (Wildman–Crippen MR) is 66.6 cm³/mol. The molecule has 1 nitrogen and oxygen atoms in total. The Kier molecular flexibility index (Phi) is 3.21. The second-order valence-corrected chi connectivity index (χ2v) is 5.96. The summed E-state index contributed by atoms with van der Waals surface area (Å²) < 4.78 is 14.3. The lowest BCUT2D eigenvalue weighted by molar-refractivity contribution is 0.103. The number of hydrogen-bond acceptors (Lipinski definition) is 2. The maximum absolute atomic E-state index is 13.4. The third-order valence-electron chi connectivity index (χ3n) is 2.25. The summed E-state index contributed by atoms with van der Waals surface area (Å²) >= 11 is 4.79. The fourth-order valence-electron chi connectivity index (χ4n) is 1.46. The van der Waals surface area contributed by atoms with E-state index in [1.54, 1.807) is 18.2 Å². The SMILES string of the molecule is Cc1sc(Br)cc1C(=O)c1ccccc1F.